The van der Waals surface area contributed by atoms with Crippen LogP contribution >= 0.6 is 35.3 Å². The lowest BCUT2D eigenvalue weighted by Crippen LogP contribution is -2.38. The summed E-state index contributed by atoms with van der Waals surface area (Å²) in [6.45, 7) is 10.2. The molecular weight excluding hydrogens is 443 g/mol. The third-order valence-electron chi connectivity index (χ3n) is 3.91. The van der Waals surface area contributed by atoms with Gasteiger partial charge in [-0.3, -0.25) is 4.99 Å². The molecule has 0 bridgehead atoms. The fourth-order valence-corrected chi connectivity index (χ4v) is 3.24. The summed E-state index contributed by atoms with van der Waals surface area (Å²) >= 11 is 1.72. The second kappa shape index (κ2) is 10.8. The van der Waals surface area contributed by atoms with Crippen LogP contribution < -0.4 is 10.6 Å². The van der Waals surface area contributed by atoms with Gasteiger partial charge in [0.1, 0.15) is 0 Å². The molecule has 0 saturated heterocycles. The van der Waals surface area contributed by atoms with Gasteiger partial charge >= 0.3 is 0 Å². The number of thiazole rings is 1. The van der Waals surface area contributed by atoms with Crippen LogP contribution in [0, 0.1) is 6.92 Å². The highest BCUT2D eigenvalue weighted by Crippen LogP contribution is 2.19. The maximum atomic E-state index is 4.64. The molecule has 1 unspecified atom stereocenters. The molecule has 1 aromatic carbocycles. The molecule has 0 amide bonds. The van der Waals surface area contributed by atoms with E-state index in [0.717, 1.165) is 18.2 Å². The molecule has 0 saturated carbocycles. The molecule has 2 rings (SSSR count). The van der Waals surface area contributed by atoms with Crippen molar-refractivity contribution >= 4 is 41.3 Å². The lowest BCUT2D eigenvalue weighted by molar-refractivity contribution is 0.696. The maximum absolute atomic E-state index is 4.64. The number of aliphatic imine (C=N–C) groups is 1. The van der Waals surface area contributed by atoms with Crippen molar-refractivity contribution in [3.63, 3.8) is 0 Å². The van der Waals surface area contributed by atoms with Crippen molar-refractivity contribution in [2.24, 2.45) is 4.99 Å². The minimum Gasteiger partial charge on any atom is -0.356 e. The van der Waals surface area contributed by atoms with E-state index in [0.29, 0.717) is 18.4 Å². The summed E-state index contributed by atoms with van der Waals surface area (Å²) in [5.74, 6) is 1.72. The highest BCUT2D eigenvalue weighted by atomic mass is 127. The molecule has 2 N–H and O–H groups in total. The summed E-state index contributed by atoms with van der Waals surface area (Å²) in [6.07, 6.45) is 0. The summed E-state index contributed by atoms with van der Waals surface area (Å²) in [5.41, 5.74) is 3.71. The predicted octanol–water partition coefficient (Wildman–Crippen LogP) is 4.66. The minimum atomic E-state index is 0. The van der Waals surface area contributed by atoms with Gasteiger partial charge in [-0.15, -0.1) is 35.3 Å². The third-order valence-corrected chi connectivity index (χ3v) is 5.10. The first kappa shape index (κ1) is 21.9. The Morgan fingerprint density at radius 3 is 2.60 bits per heavy atom. The van der Waals surface area contributed by atoms with Crippen molar-refractivity contribution in [3.05, 3.63) is 51.5 Å². The van der Waals surface area contributed by atoms with Crippen LogP contribution in [0.4, 0.5) is 0 Å². The first-order valence-corrected chi connectivity index (χ1v) is 9.33. The number of nitrogens with zero attached hydrogens (tertiary/aromatic N) is 2. The maximum Gasteiger partial charge on any atom is 0.191 e. The lowest BCUT2D eigenvalue weighted by Gasteiger charge is -2.16. The van der Waals surface area contributed by atoms with E-state index in [1.165, 1.54) is 16.1 Å². The predicted molar refractivity (Wildman–Crippen MR) is 119 cm³/mol. The molecule has 0 aliphatic carbocycles. The van der Waals surface area contributed by atoms with Crippen LogP contribution in [0.3, 0.4) is 0 Å². The van der Waals surface area contributed by atoms with Crippen LogP contribution in [0.25, 0.3) is 0 Å². The second-order valence-electron chi connectivity index (χ2n) is 6.45. The molecule has 4 nitrogen and oxygen atoms in total. The van der Waals surface area contributed by atoms with Gasteiger partial charge in [-0.2, -0.15) is 0 Å². The number of hydrogen-bond donors (Lipinski definition) is 2. The average molecular weight is 472 g/mol. The second-order valence-corrected chi connectivity index (χ2v) is 7.34. The Bertz CT molecular complexity index is 682. The van der Waals surface area contributed by atoms with E-state index in [9.17, 15) is 0 Å². The summed E-state index contributed by atoms with van der Waals surface area (Å²) in [4.78, 5) is 8.94. The highest BCUT2D eigenvalue weighted by Gasteiger charge is 2.08. The number of nitrogens with one attached hydrogen (secondary N) is 2. The smallest absolute Gasteiger partial charge is 0.191 e. The number of halogens is 1. The summed E-state index contributed by atoms with van der Waals surface area (Å²) in [5, 5.41) is 10.0. The molecule has 0 spiro atoms. The van der Waals surface area contributed by atoms with Gasteiger partial charge in [-0.25, -0.2) is 4.98 Å². The summed E-state index contributed by atoms with van der Waals surface area (Å²) < 4.78 is 0. The molecule has 138 valence electrons. The fraction of sp³-hybridized carbons (Fsp3) is 0.474. The van der Waals surface area contributed by atoms with E-state index >= 15 is 0 Å². The van der Waals surface area contributed by atoms with Crippen LogP contribution in [-0.2, 0) is 6.54 Å². The van der Waals surface area contributed by atoms with E-state index in [2.05, 4.69) is 78.0 Å². The van der Waals surface area contributed by atoms with E-state index in [-0.39, 0.29) is 24.0 Å². The van der Waals surface area contributed by atoms with Gasteiger partial charge in [-0.1, -0.05) is 50.6 Å². The Balaban J connectivity index is 0.00000312. The zero-order chi connectivity index (χ0) is 17.5. The Morgan fingerprint density at radius 2 is 2.00 bits per heavy atom. The molecule has 2 aromatic rings. The zero-order valence-corrected chi connectivity index (χ0v) is 18.8. The average Bonchev–Trinajstić information content (AvgIpc) is 3.04. The number of aryl methyl sites for hydroxylation is 1. The molecule has 1 aromatic heterocycles. The van der Waals surface area contributed by atoms with E-state index in [1.807, 2.05) is 0 Å². The number of hydrogen-bond acceptors (Lipinski definition) is 3. The SMILES string of the molecule is CN=C(NCc1csc(C(C)C)n1)NCC(C)c1cccc(C)c1.I. The van der Waals surface area contributed by atoms with Gasteiger partial charge in [0.15, 0.2) is 5.96 Å². The van der Waals surface area contributed by atoms with Gasteiger partial charge in [0.25, 0.3) is 0 Å². The monoisotopic (exact) mass is 472 g/mol. The van der Waals surface area contributed by atoms with Gasteiger partial charge in [0.2, 0.25) is 0 Å². The number of guanidine groups is 1. The standard InChI is InChI=1S/C19H28N4S.HI/c1-13(2)18-23-17(12-24-18)11-22-19(20-5)21-10-15(4)16-8-6-7-14(3)9-16;/h6-9,12-13,15H,10-11H2,1-5H3,(H2,20,21,22);1H. The molecule has 1 atom stereocenters. The van der Waals surface area contributed by atoms with Crippen LogP contribution in [0.1, 0.15) is 54.4 Å². The normalized spacial score (nSPS) is 12.6. The topological polar surface area (TPSA) is 49.3 Å². The lowest BCUT2D eigenvalue weighted by atomic mass is 9.99. The van der Waals surface area contributed by atoms with Crippen molar-refractivity contribution in [3.8, 4) is 0 Å². The Hall–Kier alpha value is -1.15. The molecule has 25 heavy (non-hydrogen) atoms. The quantitative estimate of drug-likeness (QED) is 0.365. The third kappa shape index (κ3) is 6.93. The van der Waals surface area contributed by atoms with E-state index in [1.54, 1.807) is 18.4 Å². The zero-order valence-electron chi connectivity index (χ0n) is 15.7. The van der Waals surface area contributed by atoms with Gasteiger partial charge in [0.05, 0.1) is 17.2 Å². The molecule has 0 aliphatic rings. The fourth-order valence-electron chi connectivity index (χ4n) is 2.41. The first-order chi connectivity index (χ1) is 11.5. The summed E-state index contributed by atoms with van der Waals surface area (Å²) in [6, 6.07) is 8.66. The molecule has 1 heterocycles. The Labute approximate surface area is 172 Å². The largest absolute Gasteiger partial charge is 0.356 e. The van der Waals surface area contributed by atoms with Crippen LogP contribution in [-0.4, -0.2) is 24.5 Å². The minimum absolute atomic E-state index is 0. The van der Waals surface area contributed by atoms with E-state index < -0.39 is 0 Å². The Kier molecular flexibility index (Phi) is 9.42. The Morgan fingerprint density at radius 1 is 1.24 bits per heavy atom. The van der Waals surface area contributed by atoms with Crippen LogP contribution in [0.5, 0.6) is 0 Å². The molecule has 0 fully saturated rings. The molecule has 0 aliphatic heterocycles. The highest BCUT2D eigenvalue weighted by molar-refractivity contribution is 14.0. The van der Waals surface area contributed by atoms with Gasteiger partial charge in [0, 0.05) is 24.9 Å². The van der Waals surface area contributed by atoms with Crippen molar-refractivity contribution in [1.29, 1.82) is 0 Å². The number of benzene rings is 1. The van der Waals surface area contributed by atoms with Gasteiger partial charge < -0.3 is 10.6 Å². The molecule has 6 heteroatoms. The molecule has 0 radical (unpaired) electrons. The van der Waals surface area contributed by atoms with Crippen LogP contribution in [0.15, 0.2) is 34.6 Å². The summed E-state index contributed by atoms with van der Waals surface area (Å²) in [7, 11) is 1.80. The van der Waals surface area contributed by atoms with Gasteiger partial charge in [-0.05, 0) is 18.4 Å². The van der Waals surface area contributed by atoms with Crippen molar-refractivity contribution in [2.45, 2.75) is 46.1 Å². The molecular formula is C19H29IN4S. The van der Waals surface area contributed by atoms with Crippen molar-refractivity contribution in [1.82, 2.24) is 15.6 Å². The van der Waals surface area contributed by atoms with Crippen molar-refractivity contribution in [2.75, 3.05) is 13.6 Å². The first-order valence-electron chi connectivity index (χ1n) is 8.45. The van der Waals surface area contributed by atoms with Crippen LogP contribution in [0.2, 0.25) is 0 Å². The van der Waals surface area contributed by atoms with E-state index in [4.69, 9.17) is 0 Å². The van der Waals surface area contributed by atoms with Crippen molar-refractivity contribution < 1.29 is 0 Å². The number of rotatable bonds is 6. The number of aromatic nitrogens is 1.